The van der Waals surface area contributed by atoms with Crippen molar-refractivity contribution in [2.24, 2.45) is 5.92 Å². The highest BCUT2D eigenvalue weighted by Crippen LogP contribution is 2.10. The van der Waals surface area contributed by atoms with Gasteiger partial charge in [-0.1, -0.05) is 13.0 Å². The lowest BCUT2D eigenvalue weighted by molar-refractivity contribution is 0.0948. The van der Waals surface area contributed by atoms with E-state index in [-0.39, 0.29) is 11.5 Å². The SMILES string of the molecule is Cc1ccc(C(=O)NCCCC(C)CCl)c(F)c1. The number of amides is 1. The molecule has 18 heavy (non-hydrogen) atoms. The molecule has 1 atom stereocenters. The second-order valence-electron chi connectivity index (χ2n) is 4.64. The van der Waals surface area contributed by atoms with Gasteiger partial charge < -0.3 is 5.32 Å². The molecule has 1 unspecified atom stereocenters. The molecule has 0 spiro atoms. The average Bonchev–Trinajstić information content (AvgIpc) is 2.34. The van der Waals surface area contributed by atoms with E-state index in [4.69, 9.17) is 11.6 Å². The van der Waals surface area contributed by atoms with Gasteiger partial charge in [0.05, 0.1) is 5.56 Å². The van der Waals surface area contributed by atoms with Crippen LogP contribution in [0.2, 0.25) is 0 Å². The number of halogens is 2. The maximum Gasteiger partial charge on any atom is 0.254 e. The van der Waals surface area contributed by atoms with Crippen LogP contribution in [0.5, 0.6) is 0 Å². The summed E-state index contributed by atoms with van der Waals surface area (Å²) in [4.78, 5) is 11.7. The lowest BCUT2D eigenvalue weighted by atomic mass is 10.1. The summed E-state index contributed by atoms with van der Waals surface area (Å²) in [6, 6.07) is 4.61. The number of hydrogen-bond donors (Lipinski definition) is 1. The van der Waals surface area contributed by atoms with Gasteiger partial charge in [-0.05, 0) is 43.4 Å². The summed E-state index contributed by atoms with van der Waals surface area (Å²) in [6.07, 6.45) is 1.81. The smallest absolute Gasteiger partial charge is 0.254 e. The van der Waals surface area contributed by atoms with Crippen LogP contribution in [0.25, 0.3) is 0 Å². The first kappa shape index (κ1) is 15.0. The van der Waals surface area contributed by atoms with Gasteiger partial charge in [0.1, 0.15) is 5.82 Å². The van der Waals surface area contributed by atoms with Gasteiger partial charge in [0.2, 0.25) is 0 Å². The van der Waals surface area contributed by atoms with E-state index in [1.54, 1.807) is 13.0 Å². The molecular weight excluding hydrogens is 253 g/mol. The Balaban J connectivity index is 2.41. The Morgan fingerprint density at radius 2 is 2.22 bits per heavy atom. The second-order valence-corrected chi connectivity index (χ2v) is 4.95. The number of alkyl halides is 1. The van der Waals surface area contributed by atoms with E-state index in [9.17, 15) is 9.18 Å². The molecule has 0 saturated carbocycles. The van der Waals surface area contributed by atoms with E-state index in [0.717, 1.165) is 18.4 Å². The van der Waals surface area contributed by atoms with Crippen LogP contribution in [0.15, 0.2) is 18.2 Å². The van der Waals surface area contributed by atoms with Crippen LogP contribution in [0.4, 0.5) is 4.39 Å². The largest absolute Gasteiger partial charge is 0.352 e. The van der Waals surface area contributed by atoms with E-state index in [2.05, 4.69) is 12.2 Å². The van der Waals surface area contributed by atoms with Crippen LogP contribution in [0.3, 0.4) is 0 Å². The first-order valence-electron chi connectivity index (χ1n) is 6.15. The molecule has 1 aromatic carbocycles. The van der Waals surface area contributed by atoms with E-state index >= 15 is 0 Å². The Labute approximate surface area is 113 Å². The molecule has 2 nitrogen and oxygen atoms in total. The third-order valence-corrected chi connectivity index (χ3v) is 3.32. The van der Waals surface area contributed by atoms with Crippen molar-refractivity contribution in [2.45, 2.75) is 26.7 Å². The first-order valence-corrected chi connectivity index (χ1v) is 6.68. The van der Waals surface area contributed by atoms with Gasteiger partial charge in [0.25, 0.3) is 5.91 Å². The third-order valence-electron chi connectivity index (χ3n) is 2.79. The molecule has 0 aliphatic rings. The summed E-state index contributed by atoms with van der Waals surface area (Å²) >= 11 is 5.69. The molecule has 1 aromatic rings. The minimum Gasteiger partial charge on any atom is -0.352 e. The zero-order valence-corrected chi connectivity index (χ0v) is 11.6. The number of nitrogens with one attached hydrogen (secondary N) is 1. The zero-order chi connectivity index (χ0) is 13.5. The molecule has 1 rings (SSSR count). The van der Waals surface area contributed by atoms with Gasteiger partial charge in [0.15, 0.2) is 0 Å². The number of carbonyl (C=O) groups is 1. The standard InChI is InChI=1S/C14H19ClFNO/c1-10-5-6-12(13(16)8-10)14(18)17-7-3-4-11(2)9-15/h5-6,8,11H,3-4,7,9H2,1-2H3,(H,17,18). The Morgan fingerprint density at radius 1 is 1.50 bits per heavy atom. The maximum absolute atomic E-state index is 13.5. The summed E-state index contributed by atoms with van der Waals surface area (Å²) in [6.45, 7) is 4.40. The number of hydrogen-bond acceptors (Lipinski definition) is 1. The third kappa shape index (κ3) is 4.65. The van der Waals surface area contributed by atoms with Crippen molar-refractivity contribution < 1.29 is 9.18 Å². The minimum absolute atomic E-state index is 0.103. The van der Waals surface area contributed by atoms with Crippen LogP contribution in [-0.2, 0) is 0 Å². The van der Waals surface area contributed by atoms with Crippen molar-refractivity contribution in [1.82, 2.24) is 5.32 Å². The van der Waals surface area contributed by atoms with Crippen LogP contribution in [0, 0.1) is 18.7 Å². The van der Waals surface area contributed by atoms with Gasteiger partial charge in [-0.3, -0.25) is 4.79 Å². The van der Waals surface area contributed by atoms with Crippen molar-refractivity contribution in [3.63, 3.8) is 0 Å². The molecule has 0 aliphatic carbocycles. The molecule has 0 radical (unpaired) electrons. The van der Waals surface area contributed by atoms with E-state index in [1.807, 2.05) is 0 Å². The summed E-state index contributed by atoms with van der Waals surface area (Å²) in [5.74, 6) is 0.243. The molecule has 0 saturated heterocycles. The monoisotopic (exact) mass is 271 g/mol. The van der Waals surface area contributed by atoms with Crippen LogP contribution in [-0.4, -0.2) is 18.3 Å². The minimum atomic E-state index is -0.471. The molecule has 1 amide bonds. The quantitative estimate of drug-likeness (QED) is 0.622. The van der Waals surface area contributed by atoms with E-state index in [1.165, 1.54) is 12.1 Å². The fourth-order valence-electron chi connectivity index (χ4n) is 1.63. The van der Waals surface area contributed by atoms with Crippen molar-refractivity contribution >= 4 is 17.5 Å². The van der Waals surface area contributed by atoms with E-state index < -0.39 is 5.82 Å². The van der Waals surface area contributed by atoms with Gasteiger partial charge in [-0.2, -0.15) is 0 Å². The molecule has 4 heteroatoms. The number of aryl methyl sites for hydroxylation is 1. The summed E-state index contributed by atoms with van der Waals surface area (Å²) in [5.41, 5.74) is 0.908. The Hall–Kier alpha value is -1.09. The van der Waals surface area contributed by atoms with Crippen molar-refractivity contribution in [2.75, 3.05) is 12.4 Å². The highest BCUT2D eigenvalue weighted by atomic mass is 35.5. The van der Waals surface area contributed by atoms with Crippen LogP contribution < -0.4 is 5.32 Å². The normalized spacial score (nSPS) is 12.2. The fraction of sp³-hybridized carbons (Fsp3) is 0.500. The number of rotatable bonds is 6. The number of benzene rings is 1. The predicted molar refractivity (Wildman–Crippen MR) is 72.6 cm³/mol. The Kier molecular flexibility index (Phi) is 6.13. The summed E-state index contributed by atoms with van der Waals surface area (Å²) in [5, 5.41) is 2.72. The predicted octanol–water partition coefficient (Wildman–Crippen LogP) is 3.52. The van der Waals surface area contributed by atoms with Crippen LogP contribution in [0.1, 0.15) is 35.7 Å². The van der Waals surface area contributed by atoms with Crippen LogP contribution >= 0.6 is 11.6 Å². The average molecular weight is 272 g/mol. The second kappa shape index (κ2) is 7.37. The van der Waals surface area contributed by atoms with Gasteiger partial charge >= 0.3 is 0 Å². The molecular formula is C14H19ClFNO. The molecule has 0 aromatic heterocycles. The van der Waals surface area contributed by atoms with Crippen molar-refractivity contribution in [3.05, 3.63) is 35.1 Å². The Morgan fingerprint density at radius 3 is 2.83 bits per heavy atom. The topological polar surface area (TPSA) is 29.1 Å². The fourth-order valence-corrected chi connectivity index (χ4v) is 1.78. The highest BCUT2D eigenvalue weighted by molar-refractivity contribution is 6.18. The molecule has 1 N–H and O–H groups in total. The van der Waals surface area contributed by atoms with Gasteiger partial charge in [-0.25, -0.2) is 4.39 Å². The molecule has 0 aliphatic heterocycles. The lowest BCUT2D eigenvalue weighted by Crippen LogP contribution is -2.25. The molecule has 100 valence electrons. The molecule has 0 bridgehead atoms. The molecule has 0 fully saturated rings. The van der Waals surface area contributed by atoms with Crippen molar-refractivity contribution in [1.29, 1.82) is 0 Å². The van der Waals surface area contributed by atoms with Gasteiger partial charge in [-0.15, -0.1) is 11.6 Å². The lowest BCUT2D eigenvalue weighted by Gasteiger charge is -2.09. The maximum atomic E-state index is 13.5. The molecule has 0 heterocycles. The zero-order valence-electron chi connectivity index (χ0n) is 10.8. The van der Waals surface area contributed by atoms with Gasteiger partial charge in [0, 0.05) is 12.4 Å². The highest BCUT2D eigenvalue weighted by Gasteiger charge is 2.10. The first-order chi connectivity index (χ1) is 8.54. The number of carbonyl (C=O) groups excluding carboxylic acids is 1. The Bertz CT molecular complexity index is 409. The van der Waals surface area contributed by atoms with Crippen molar-refractivity contribution in [3.8, 4) is 0 Å². The van der Waals surface area contributed by atoms with E-state index in [0.29, 0.717) is 18.3 Å². The summed E-state index contributed by atoms with van der Waals surface area (Å²) in [7, 11) is 0. The summed E-state index contributed by atoms with van der Waals surface area (Å²) < 4.78 is 13.5.